The maximum absolute atomic E-state index is 8.94. The highest BCUT2D eigenvalue weighted by Gasteiger charge is 2.03. The van der Waals surface area contributed by atoms with E-state index in [1.807, 2.05) is 24.3 Å². The van der Waals surface area contributed by atoms with Crippen molar-refractivity contribution in [1.82, 2.24) is 0 Å². The predicted octanol–water partition coefficient (Wildman–Crippen LogP) is 3.75. The lowest BCUT2D eigenvalue weighted by Gasteiger charge is -2.04. The first-order chi connectivity index (χ1) is 7.27. The van der Waals surface area contributed by atoms with Gasteiger partial charge in [-0.3, -0.25) is 0 Å². The molecule has 1 N–H and O–H groups in total. The monoisotopic (exact) mass is 205 g/mol. The Kier molecular flexibility index (Phi) is 4.88. The number of hydrogen-bond donors (Lipinski definition) is 1. The highest BCUT2D eigenvalue weighted by atomic mass is 16.4. The lowest BCUT2D eigenvalue weighted by atomic mass is 10.0. The molecule has 0 aliphatic carbocycles. The SMILES string of the molecule is CCCCC/C(=N\O)c1ccc(C)cc1. The van der Waals surface area contributed by atoms with E-state index < -0.39 is 0 Å². The number of nitrogens with zero attached hydrogens (tertiary/aromatic N) is 1. The first-order valence-electron chi connectivity index (χ1n) is 5.56. The Labute approximate surface area is 91.6 Å². The van der Waals surface area contributed by atoms with Crippen LogP contribution in [-0.2, 0) is 0 Å². The molecule has 1 aromatic carbocycles. The molecule has 0 saturated heterocycles. The fourth-order valence-electron chi connectivity index (χ4n) is 1.54. The van der Waals surface area contributed by atoms with Crippen LogP contribution in [-0.4, -0.2) is 10.9 Å². The summed E-state index contributed by atoms with van der Waals surface area (Å²) < 4.78 is 0. The Morgan fingerprint density at radius 1 is 1.20 bits per heavy atom. The van der Waals surface area contributed by atoms with Gasteiger partial charge in [-0.25, -0.2) is 0 Å². The quantitative estimate of drug-likeness (QED) is 0.337. The summed E-state index contributed by atoms with van der Waals surface area (Å²) in [5.41, 5.74) is 3.05. The average Bonchev–Trinajstić information content (AvgIpc) is 2.26. The van der Waals surface area contributed by atoms with Crippen LogP contribution in [0.15, 0.2) is 29.4 Å². The normalized spacial score (nSPS) is 11.7. The van der Waals surface area contributed by atoms with Gasteiger partial charge in [-0.2, -0.15) is 0 Å². The Bertz CT molecular complexity index is 314. The standard InChI is InChI=1S/C13H19NO/c1-3-4-5-6-13(14-15)12-9-7-11(2)8-10-12/h7-10,15H,3-6H2,1-2H3/b14-13+. The molecule has 2 heteroatoms. The lowest BCUT2D eigenvalue weighted by Crippen LogP contribution is -2.00. The summed E-state index contributed by atoms with van der Waals surface area (Å²) in [6.07, 6.45) is 4.31. The maximum Gasteiger partial charge on any atom is 0.0867 e. The van der Waals surface area contributed by atoms with Crippen molar-refractivity contribution in [3.05, 3.63) is 35.4 Å². The Balaban J connectivity index is 2.63. The van der Waals surface area contributed by atoms with Crippen molar-refractivity contribution >= 4 is 5.71 Å². The Hall–Kier alpha value is -1.31. The molecule has 0 saturated carbocycles. The van der Waals surface area contributed by atoms with Crippen molar-refractivity contribution in [3.63, 3.8) is 0 Å². The largest absolute Gasteiger partial charge is 0.411 e. The third-order valence-electron chi connectivity index (χ3n) is 2.52. The van der Waals surface area contributed by atoms with Gasteiger partial charge in [0.15, 0.2) is 0 Å². The third-order valence-corrected chi connectivity index (χ3v) is 2.52. The summed E-state index contributed by atoms with van der Waals surface area (Å²) >= 11 is 0. The van der Waals surface area contributed by atoms with E-state index in [0.717, 1.165) is 24.1 Å². The van der Waals surface area contributed by atoms with Gasteiger partial charge in [-0.1, -0.05) is 54.8 Å². The minimum atomic E-state index is 0.795. The van der Waals surface area contributed by atoms with E-state index in [4.69, 9.17) is 5.21 Å². The average molecular weight is 205 g/mol. The van der Waals surface area contributed by atoms with Crippen molar-refractivity contribution in [3.8, 4) is 0 Å². The van der Waals surface area contributed by atoms with Gasteiger partial charge in [-0.15, -0.1) is 0 Å². The number of oxime groups is 1. The van der Waals surface area contributed by atoms with Gasteiger partial charge >= 0.3 is 0 Å². The van der Waals surface area contributed by atoms with Gasteiger partial charge in [0.2, 0.25) is 0 Å². The zero-order valence-electron chi connectivity index (χ0n) is 9.53. The molecule has 15 heavy (non-hydrogen) atoms. The number of rotatable bonds is 5. The van der Waals surface area contributed by atoms with Crippen molar-refractivity contribution < 1.29 is 5.21 Å². The van der Waals surface area contributed by atoms with E-state index in [-0.39, 0.29) is 0 Å². The van der Waals surface area contributed by atoms with Gasteiger partial charge in [0, 0.05) is 0 Å². The number of aryl methyl sites for hydroxylation is 1. The van der Waals surface area contributed by atoms with E-state index in [2.05, 4.69) is 19.0 Å². The van der Waals surface area contributed by atoms with E-state index in [9.17, 15) is 0 Å². The molecule has 0 atom stereocenters. The first-order valence-corrected chi connectivity index (χ1v) is 5.56. The molecule has 0 aromatic heterocycles. The van der Waals surface area contributed by atoms with Crippen LogP contribution in [0.3, 0.4) is 0 Å². The minimum absolute atomic E-state index is 0.795. The van der Waals surface area contributed by atoms with Gasteiger partial charge in [0.1, 0.15) is 0 Å². The van der Waals surface area contributed by atoms with Crippen LogP contribution in [0, 0.1) is 6.92 Å². The molecule has 0 aliphatic rings. The molecular formula is C13H19NO. The summed E-state index contributed by atoms with van der Waals surface area (Å²) in [5, 5.41) is 12.3. The van der Waals surface area contributed by atoms with Gasteiger partial charge in [0.05, 0.1) is 5.71 Å². The van der Waals surface area contributed by atoms with E-state index in [1.165, 1.54) is 18.4 Å². The fourth-order valence-corrected chi connectivity index (χ4v) is 1.54. The van der Waals surface area contributed by atoms with Crippen LogP contribution in [0.2, 0.25) is 0 Å². The molecular weight excluding hydrogens is 186 g/mol. The van der Waals surface area contributed by atoms with E-state index >= 15 is 0 Å². The Morgan fingerprint density at radius 3 is 2.40 bits per heavy atom. The van der Waals surface area contributed by atoms with Crippen LogP contribution in [0.5, 0.6) is 0 Å². The number of benzene rings is 1. The van der Waals surface area contributed by atoms with Crippen LogP contribution < -0.4 is 0 Å². The second-order valence-electron chi connectivity index (χ2n) is 3.87. The maximum atomic E-state index is 8.94. The van der Waals surface area contributed by atoms with E-state index in [1.54, 1.807) is 0 Å². The van der Waals surface area contributed by atoms with Gasteiger partial charge < -0.3 is 5.21 Å². The molecule has 82 valence electrons. The molecule has 0 unspecified atom stereocenters. The summed E-state index contributed by atoms with van der Waals surface area (Å²) in [6, 6.07) is 8.10. The lowest BCUT2D eigenvalue weighted by molar-refractivity contribution is 0.317. The van der Waals surface area contributed by atoms with Crippen molar-refractivity contribution in [2.75, 3.05) is 0 Å². The van der Waals surface area contributed by atoms with Crippen molar-refractivity contribution in [2.24, 2.45) is 5.16 Å². The highest BCUT2D eigenvalue weighted by molar-refractivity contribution is 6.00. The zero-order chi connectivity index (χ0) is 11.1. The molecule has 0 bridgehead atoms. The molecule has 2 nitrogen and oxygen atoms in total. The molecule has 0 fully saturated rings. The molecule has 1 rings (SSSR count). The smallest absolute Gasteiger partial charge is 0.0867 e. The summed E-state index contributed by atoms with van der Waals surface area (Å²) in [4.78, 5) is 0. The highest BCUT2D eigenvalue weighted by Crippen LogP contribution is 2.10. The number of unbranched alkanes of at least 4 members (excludes halogenated alkanes) is 2. The fraction of sp³-hybridized carbons (Fsp3) is 0.462. The van der Waals surface area contributed by atoms with Gasteiger partial charge in [-0.05, 0) is 25.3 Å². The molecule has 0 amide bonds. The molecule has 0 aliphatic heterocycles. The number of hydrogen-bond acceptors (Lipinski definition) is 2. The summed E-state index contributed by atoms with van der Waals surface area (Å²) in [7, 11) is 0. The predicted molar refractivity (Wildman–Crippen MR) is 63.6 cm³/mol. The van der Waals surface area contributed by atoms with Crippen LogP contribution in [0.25, 0.3) is 0 Å². The van der Waals surface area contributed by atoms with Crippen molar-refractivity contribution in [2.45, 2.75) is 39.5 Å². The topological polar surface area (TPSA) is 32.6 Å². The van der Waals surface area contributed by atoms with Crippen LogP contribution >= 0.6 is 0 Å². The van der Waals surface area contributed by atoms with Gasteiger partial charge in [0.25, 0.3) is 0 Å². The third kappa shape index (κ3) is 3.74. The van der Waals surface area contributed by atoms with Crippen LogP contribution in [0.4, 0.5) is 0 Å². The van der Waals surface area contributed by atoms with Crippen LogP contribution in [0.1, 0.15) is 43.7 Å². The Morgan fingerprint density at radius 2 is 1.87 bits per heavy atom. The van der Waals surface area contributed by atoms with Crippen molar-refractivity contribution in [1.29, 1.82) is 0 Å². The summed E-state index contributed by atoms with van der Waals surface area (Å²) in [5.74, 6) is 0. The molecule has 0 spiro atoms. The minimum Gasteiger partial charge on any atom is -0.411 e. The zero-order valence-corrected chi connectivity index (χ0v) is 9.53. The molecule has 1 aromatic rings. The van der Waals surface area contributed by atoms with E-state index in [0.29, 0.717) is 0 Å². The molecule has 0 heterocycles. The second-order valence-corrected chi connectivity index (χ2v) is 3.87. The first kappa shape index (κ1) is 11.8. The molecule has 0 radical (unpaired) electrons. The summed E-state index contributed by atoms with van der Waals surface area (Å²) in [6.45, 7) is 4.22. The second kappa shape index (κ2) is 6.23.